The third-order valence-corrected chi connectivity index (χ3v) is 6.89. The van der Waals surface area contributed by atoms with Gasteiger partial charge in [0.2, 0.25) is 0 Å². The first kappa shape index (κ1) is 25.2. The lowest BCUT2D eigenvalue weighted by Gasteiger charge is -2.29. The van der Waals surface area contributed by atoms with Crippen LogP contribution in [0.1, 0.15) is 49.7 Å². The highest BCUT2D eigenvalue weighted by Gasteiger charge is 2.23. The molecule has 1 aliphatic rings. The summed E-state index contributed by atoms with van der Waals surface area (Å²) in [5.41, 5.74) is 6.69. The van der Waals surface area contributed by atoms with E-state index >= 15 is 0 Å². The molecule has 0 radical (unpaired) electrons. The first-order valence-corrected chi connectivity index (χ1v) is 12.5. The monoisotopic (exact) mass is 491 g/mol. The van der Waals surface area contributed by atoms with E-state index in [9.17, 15) is 9.90 Å². The number of benzene rings is 2. The maximum Gasteiger partial charge on any atom is 0.253 e. The number of rotatable bonds is 4. The van der Waals surface area contributed by atoms with Gasteiger partial charge in [-0.15, -0.1) is 0 Å². The van der Waals surface area contributed by atoms with Gasteiger partial charge < -0.3 is 14.9 Å². The normalized spacial score (nSPS) is 14.8. The predicted octanol–water partition coefficient (Wildman–Crippen LogP) is 6.03. The Morgan fingerprint density at radius 2 is 1.69 bits per heavy atom. The van der Waals surface area contributed by atoms with Gasteiger partial charge in [-0.05, 0) is 72.0 Å². The van der Waals surface area contributed by atoms with Crippen LogP contribution >= 0.6 is 11.6 Å². The molecule has 0 unspecified atom stereocenters. The average molecular weight is 492 g/mol. The van der Waals surface area contributed by atoms with Crippen molar-refractivity contribution >= 4 is 23.2 Å². The predicted molar refractivity (Wildman–Crippen MR) is 144 cm³/mol. The summed E-state index contributed by atoms with van der Waals surface area (Å²) in [5.74, 6) is -0.0421. The van der Waals surface area contributed by atoms with Crippen LogP contribution in [0.2, 0.25) is 5.02 Å². The molecule has 4 rings (SSSR count). The van der Waals surface area contributed by atoms with Gasteiger partial charge in [0.15, 0.2) is 0 Å². The van der Waals surface area contributed by atoms with Gasteiger partial charge in [-0.2, -0.15) is 0 Å². The number of aliphatic hydroxyl groups is 1. The molecule has 2 aromatic carbocycles. The lowest BCUT2D eigenvalue weighted by molar-refractivity contribution is 0.0546. The van der Waals surface area contributed by atoms with Crippen LogP contribution < -0.4 is 4.90 Å². The Morgan fingerprint density at radius 3 is 2.31 bits per heavy atom. The average Bonchev–Trinajstić information content (AvgIpc) is 2.83. The summed E-state index contributed by atoms with van der Waals surface area (Å²) in [6.45, 7) is 7.62. The molecular formula is C29H34ClN3O2. The summed E-state index contributed by atoms with van der Waals surface area (Å²) >= 11 is 6.75. The van der Waals surface area contributed by atoms with Crippen molar-refractivity contribution < 1.29 is 9.90 Å². The molecule has 5 nitrogen and oxygen atoms in total. The number of carbonyl (C=O) groups is 1. The maximum absolute atomic E-state index is 13.0. The van der Waals surface area contributed by atoms with Crippen LogP contribution in [0.4, 0.5) is 5.69 Å². The van der Waals surface area contributed by atoms with Crippen LogP contribution in [0.25, 0.3) is 22.3 Å². The molecule has 1 amide bonds. The second-order valence-corrected chi connectivity index (χ2v) is 11.0. The molecule has 35 heavy (non-hydrogen) atoms. The number of hydrogen-bond acceptors (Lipinski definition) is 4. The van der Waals surface area contributed by atoms with Gasteiger partial charge in [0, 0.05) is 66.3 Å². The van der Waals surface area contributed by atoms with Crippen LogP contribution in [0, 0.1) is 0 Å². The first-order valence-electron chi connectivity index (χ1n) is 12.1. The lowest BCUT2D eigenvalue weighted by Crippen LogP contribution is -2.40. The minimum atomic E-state index is -0.317. The Kier molecular flexibility index (Phi) is 7.20. The summed E-state index contributed by atoms with van der Waals surface area (Å²) in [5, 5.41) is 10.3. The van der Waals surface area contributed by atoms with Gasteiger partial charge in [0.1, 0.15) is 0 Å². The lowest BCUT2D eigenvalue weighted by atomic mass is 9.89. The largest absolute Gasteiger partial charge is 0.393 e. The number of anilines is 1. The summed E-state index contributed by atoms with van der Waals surface area (Å²) in [4.78, 5) is 21.4. The first-order chi connectivity index (χ1) is 16.5. The van der Waals surface area contributed by atoms with Crippen LogP contribution in [-0.2, 0) is 5.41 Å². The highest BCUT2D eigenvalue weighted by atomic mass is 35.5. The zero-order chi connectivity index (χ0) is 25.3. The molecule has 0 spiro atoms. The molecule has 184 valence electrons. The molecule has 1 N–H and O–H groups in total. The fraction of sp³-hybridized carbons (Fsp3) is 0.379. The minimum Gasteiger partial charge on any atom is -0.393 e. The van der Waals surface area contributed by atoms with Gasteiger partial charge in [-0.3, -0.25) is 9.78 Å². The summed E-state index contributed by atoms with van der Waals surface area (Å²) in [6.07, 6.45) is 2.78. The maximum atomic E-state index is 13.0. The van der Waals surface area contributed by atoms with Crippen molar-refractivity contribution in [2.75, 3.05) is 32.1 Å². The number of aromatic nitrogens is 1. The van der Waals surface area contributed by atoms with Gasteiger partial charge in [0.05, 0.1) is 6.10 Å². The van der Waals surface area contributed by atoms with E-state index in [2.05, 4.69) is 54.9 Å². The van der Waals surface area contributed by atoms with Crippen LogP contribution in [-0.4, -0.2) is 54.2 Å². The zero-order valence-electron chi connectivity index (χ0n) is 21.2. The number of piperidine rings is 1. The summed E-state index contributed by atoms with van der Waals surface area (Å²) in [7, 11) is 4.05. The molecular weight excluding hydrogens is 458 g/mol. The van der Waals surface area contributed by atoms with E-state index in [4.69, 9.17) is 11.6 Å². The van der Waals surface area contributed by atoms with Crippen LogP contribution in [0.15, 0.2) is 54.7 Å². The van der Waals surface area contributed by atoms with E-state index < -0.39 is 0 Å². The zero-order valence-corrected chi connectivity index (χ0v) is 21.9. The number of hydrogen-bond donors (Lipinski definition) is 1. The number of likely N-dealkylation sites (tertiary alicyclic amines) is 1. The number of nitrogens with zero attached hydrogens (tertiary/aromatic N) is 3. The number of pyridine rings is 1. The molecule has 1 saturated heterocycles. The van der Waals surface area contributed by atoms with E-state index in [1.54, 1.807) is 11.0 Å². The van der Waals surface area contributed by atoms with Crippen molar-refractivity contribution in [1.82, 2.24) is 9.88 Å². The quantitative estimate of drug-likeness (QED) is 0.484. The smallest absolute Gasteiger partial charge is 0.253 e. The number of halogens is 1. The van der Waals surface area contributed by atoms with Gasteiger partial charge in [0.25, 0.3) is 5.91 Å². The third-order valence-electron chi connectivity index (χ3n) is 6.57. The second-order valence-electron chi connectivity index (χ2n) is 10.6. The molecule has 1 fully saturated rings. The van der Waals surface area contributed by atoms with E-state index in [1.165, 1.54) is 0 Å². The van der Waals surface area contributed by atoms with E-state index in [0.29, 0.717) is 36.5 Å². The number of amides is 1. The standard InChI is InChI=1S/C29H34ClN3O2/c1-29(2,3)27-18-19(8-11-31-27)21-14-22(16-23(15-21)32(4)5)25-7-6-20(17-26(25)30)28(35)33-12-9-24(34)10-13-33/h6-8,11,14-18,24,34H,9-10,12-13H2,1-5H3. The molecule has 1 aromatic heterocycles. The van der Waals surface area contributed by atoms with Crippen molar-refractivity contribution in [2.24, 2.45) is 0 Å². The van der Waals surface area contributed by atoms with Gasteiger partial charge in [-0.1, -0.05) is 38.4 Å². The van der Waals surface area contributed by atoms with Crippen LogP contribution in [0.3, 0.4) is 0 Å². The third kappa shape index (κ3) is 5.68. The number of carbonyl (C=O) groups excluding carboxylic acids is 1. The Hall–Kier alpha value is -2.89. The Bertz CT molecular complexity index is 1220. The van der Waals surface area contributed by atoms with Crippen LogP contribution in [0.5, 0.6) is 0 Å². The molecule has 0 aliphatic carbocycles. The Labute approximate surface area is 213 Å². The molecule has 2 heterocycles. The molecule has 1 aliphatic heterocycles. The molecule has 3 aromatic rings. The van der Waals surface area contributed by atoms with Crippen molar-refractivity contribution in [3.8, 4) is 22.3 Å². The SMILES string of the molecule is CN(C)c1cc(-c2ccnc(C(C)(C)C)c2)cc(-c2ccc(C(=O)N3CCC(O)CC3)cc2Cl)c1. The Morgan fingerprint density at radius 1 is 1.00 bits per heavy atom. The molecule has 0 saturated carbocycles. The minimum absolute atomic E-state index is 0.0421. The second kappa shape index (κ2) is 10.00. The van der Waals surface area contributed by atoms with Crippen molar-refractivity contribution in [2.45, 2.75) is 45.1 Å². The van der Waals surface area contributed by atoms with Crippen molar-refractivity contribution in [3.05, 3.63) is 71.0 Å². The number of aliphatic hydroxyl groups excluding tert-OH is 1. The highest BCUT2D eigenvalue weighted by molar-refractivity contribution is 6.33. The van der Waals surface area contributed by atoms with E-state index in [1.807, 2.05) is 38.5 Å². The molecule has 0 bridgehead atoms. The van der Waals surface area contributed by atoms with E-state index in [-0.39, 0.29) is 17.4 Å². The molecule has 0 atom stereocenters. The van der Waals surface area contributed by atoms with Crippen molar-refractivity contribution in [3.63, 3.8) is 0 Å². The fourth-order valence-corrected chi connectivity index (χ4v) is 4.64. The highest BCUT2D eigenvalue weighted by Crippen LogP contribution is 2.36. The van der Waals surface area contributed by atoms with Gasteiger partial charge in [-0.25, -0.2) is 0 Å². The summed E-state index contributed by atoms with van der Waals surface area (Å²) in [6, 6.07) is 16.1. The van der Waals surface area contributed by atoms with Gasteiger partial charge >= 0.3 is 0 Å². The molecule has 6 heteroatoms. The topological polar surface area (TPSA) is 56.7 Å². The fourth-order valence-electron chi connectivity index (χ4n) is 4.35. The van der Waals surface area contributed by atoms with E-state index in [0.717, 1.165) is 33.6 Å². The Balaban J connectivity index is 1.71. The summed E-state index contributed by atoms with van der Waals surface area (Å²) < 4.78 is 0. The van der Waals surface area contributed by atoms with Crippen molar-refractivity contribution in [1.29, 1.82) is 0 Å².